The summed E-state index contributed by atoms with van der Waals surface area (Å²) in [4.78, 5) is 6.94. The lowest BCUT2D eigenvalue weighted by molar-refractivity contribution is 0.126. The summed E-state index contributed by atoms with van der Waals surface area (Å²) < 4.78 is 0. The van der Waals surface area contributed by atoms with Crippen molar-refractivity contribution in [2.75, 3.05) is 13.6 Å². The van der Waals surface area contributed by atoms with Crippen LogP contribution in [0.1, 0.15) is 36.9 Å². The van der Waals surface area contributed by atoms with Crippen LogP contribution < -0.4 is 5.73 Å². The summed E-state index contributed by atoms with van der Waals surface area (Å²) in [6.07, 6.45) is 7.13. The number of rotatable bonds is 4. The Balaban J connectivity index is 2.02. The van der Waals surface area contributed by atoms with Crippen molar-refractivity contribution in [1.82, 2.24) is 9.88 Å². The molecule has 1 heterocycles. The van der Waals surface area contributed by atoms with Gasteiger partial charge < -0.3 is 5.73 Å². The van der Waals surface area contributed by atoms with Crippen molar-refractivity contribution in [3.63, 3.8) is 0 Å². The molecule has 0 saturated heterocycles. The molecule has 0 bridgehead atoms. The zero-order chi connectivity index (χ0) is 13.0. The summed E-state index contributed by atoms with van der Waals surface area (Å²) in [7, 11) is 2.22. The van der Waals surface area contributed by atoms with E-state index >= 15 is 0 Å². The van der Waals surface area contributed by atoms with Gasteiger partial charge in [0.05, 0.1) is 5.69 Å². The molecule has 2 rings (SSSR count). The lowest BCUT2D eigenvalue weighted by Crippen LogP contribution is -2.42. The van der Waals surface area contributed by atoms with Gasteiger partial charge in [0.25, 0.3) is 0 Å². The third-order valence-corrected chi connectivity index (χ3v) is 4.25. The normalized spacial score (nSPS) is 24.4. The van der Waals surface area contributed by atoms with Crippen LogP contribution in [-0.2, 0) is 6.54 Å². The van der Waals surface area contributed by atoms with E-state index < -0.39 is 0 Å². The average Bonchev–Trinajstić information content (AvgIpc) is 2.41. The Kier molecular flexibility index (Phi) is 4.72. The molecule has 1 aliphatic carbocycles. The Morgan fingerprint density at radius 2 is 2.17 bits per heavy atom. The van der Waals surface area contributed by atoms with Gasteiger partial charge in [-0.25, -0.2) is 0 Å². The van der Waals surface area contributed by atoms with E-state index in [1.54, 1.807) is 0 Å². The molecule has 0 spiro atoms. The molecule has 2 unspecified atom stereocenters. The molecule has 3 heteroatoms. The molecular weight excluding hydrogens is 222 g/mol. The first-order valence-corrected chi connectivity index (χ1v) is 7.03. The summed E-state index contributed by atoms with van der Waals surface area (Å²) in [5.74, 6) is 0.660. The number of pyridine rings is 1. The van der Waals surface area contributed by atoms with Crippen molar-refractivity contribution in [2.24, 2.45) is 11.7 Å². The summed E-state index contributed by atoms with van der Waals surface area (Å²) in [5.41, 5.74) is 8.39. The topological polar surface area (TPSA) is 42.2 Å². The van der Waals surface area contributed by atoms with Crippen LogP contribution in [0.25, 0.3) is 0 Å². The highest BCUT2D eigenvalue weighted by atomic mass is 15.1. The summed E-state index contributed by atoms with van der Waals surface area (Å²) in [5, 5.41) is 0. The van der Waals surface area contributed by atoms with Crippen LogP contribution in [0.3, 0.4) is 0 Å². The minimum atomic E-state index is 0.630. The first-order chi connectivity index (χ1) is 8.72. The van der Waals surface area contributed by atoms with Crippen LogP contribution in [0.4, 0.5) is 0 Å². The van der Waals surface area contributed by atoms with Crippen LogP contribution in [0.15, 0.2) is 18.3 Å². The minimum absolute atomic E-state index is 0.630. The molecule has 18 heavy (non-hydrogen) atoms. The van der Waals surface area contributed by atoms with Gasteiger partial charge in [0, 0.05) is 18.8 Å². The maximum Gasteiger partial charge on any atom is 0.0573 e. The van der Waals surface area contributed by atoms with Gasteiger partial charge in [0.1, 0.15) is 0 Å². The summed E-state index contributed by atoms with van der Waals surface area (Å²) in [6.45, 7) is 3.89. The van der Waals surface area contributed by atoms with Gasteiger partial charge in [0.15, 0.2) is 0 Å². The fraction of sp³-hybridized carbons (Fsp3) is 0.667. The Hall–Kier alpha value is -0.930. The smallest absolute Gasteiger partial charge is 0.0573 e. The highest BCUT2D eigenvalue weighted by molar-refractivity contribution is 5.17. The predicted octanol–water partition coefficient (Wildman–Crippen LogP) is 2.34. The van der Waals surface area contributed by atoms with Gasteiger partial charge in [-0.15, -0.1) is 0 Å². The van der Waals surface area contributed by atoms with Crippen LogP contribution in [0.5, 0.6) is 0 Å². The molecule has 0 aliphatic heterocycles. The number of aromatic nitrogens is 1. The van der Waals surface area contributed by atoms with E-state index in [1.807, 2.05) is 12.3 Å². The molecule has 0 amide bonds. The number of hydrogen-bond acceptors (Lipinski definition) is 3. The first kappa shape index (κ1) is 13.5. The molecule has 100 valence electrons. The summed E-state index contributed by atoms with van der Waals surface area (Å²) >= 11 is 0. The first-order valence-electron chi connectivity index (χ1n) is 7.03. The monoisotopic (exact) mass is 247 g/mol. The van der Waals surface area contributed by atoms with E-state index in [0.717, 1.165) is 13.1 Å². The Bertz CT molecular complexity index is 378. The maximum absolute atomic E-state index is 5.91. The predicted molar refractivity (Wildman–Crippen MR) is 75.2 cm³/mol. The average molecular weight is 247 g/mol. The van der Waals surface area contributed by atoms with Crippen molar-refractivity contribution in [2.45, 2.75) is 45.2 Å². The van der Waals surface area contributed by atoms with Gasteiger partial charge in [-0.1, -0.05) is 18.9 Å². The third-order valence-electron chi connectivity index (χ3n) is 4.25. The van der Waals surface area contributed by atoms with Crippen LogP contribution in [0.2, 0.25) is 0 Å². The molecule has 2 N–H and O–H groups in total. The van der Waals surface area contributed by atoms with Gasteiger partial charge in [-0.05, 0) is 50.9 Å². The van der Waals surface area contributed by atoms with Gasteiger partial charge >= 0.3 is 0 Å². The molecule has 1 saturated carbocycles. The molecule has 1 fully saturated rings. The van der Waals surface area contributed by atoms with Crippen LogP contribution in [-0.4, -0.2) is 29.5 Å². The SMILES string of the molecule is Cc1cccnc1CN(C)C1CCCCC1CN. The zero-order valence-corrected chi connectivity index (χ0v) is 11.6. The van der Waals surface area contributed by atoms with E-state index in [9.17, 15) is 0 Å². The van der Waals surface area contributed by atoms with Gasteiger partial charge in [-0.3, -0.25) is 9.88 Å². The molecule has 1 aromatic rings. The number of nitrogens with zero attached hydrogens (tertiary/aromatic N) is 2. The number of aryl methyl sites for hydroxylation is 1. The lowest BCUT2D eigenvalue weighted by atomic mass is 9.83. The van der Waals surface area contributed by atoms with Crippen molar-refractivity contribution in [1.29, 1.82) is 0 Å². The Morgan fingerprint density at radius 1 is 1.39 bits per heavy atom. The maximum atomic E-state index is 5.91. The van der Waals surface area contributed by atoms with Gasteiger partial charge in [-0.2, -0.15) is 0 Å². The molecule has 3 nitrogen and oxygen atoms in total. The molecule has 2 atom stereocenters. The van der Waals surface area contributed by atoms with Crippen molar-refractivity contribution >= 4 is 0 Å². The van der Waals surface area contributed by atoms with Crippen molar-refractivity contribution in [3.8, 4) is 0 Å². The summed E-state index contributed by atoms with van der Waals surface area (Å²) in [6, 6.07) is 4.77. The van der Waals surface area contributed by atoms with Gasteiger partial charge in [0.2, 0.25) is 0 Å². The number of hydrogen-bond donors (Lipinski definition) is 1. The quantitative estimate of drug-likeness (QED) is 0.888. The highest BCUT2D eigenvalue weighted by Gasteiger charge is 2.27. The van der Waals surface area contributed by atoms with E-state index in [4.69, 9.17) is 5.73 Å². The number of nitrogens with two attached hydrogens (primary N) is 1. The standard InChI is InChI=1S/C15H25N3/c1-12-6-5-9-17-14(12)11-18(2)15-8-4-3-7-13(15)10-16/h5-6,9,13,15H,3-4,7-8,10-11,16H2,1-2H3. The lowest BCUT2D eigenvalue weighted by Gasteiger charge is -2.37. The van der Waals surface area contributed by atoms with Crippen molar-refractivity contribution < 1.29 is 0 Å². The van der Waals surface area contributed by atoms with E-state index in [-0.39, 0.29) is 0 Å². The fourth-order valence-electron chi connectivity index (χ4n) is 3.08. The molecule has 0 radical (unpaired) electrons. The molecule has 0 aromatic carbocycles. The third kappa shape index (κ3) is 3.09. The Labute approximate surface area is 110 Å². The van der Waals surface area contributed by atoms with Crippen LogP contribution >= 0.6 is 0 Å². The second-order valence-corrected chi connectivity index (χ2v) is 5.53. The molecule has 1 aromatic heterocycles. The fourth-order valence-corrected chi connectivity index (χ4v) is 3.08. The molecule has 1 aliphatic rings. The minimum Gasteiger partial charge on any atom is -0.330 e. The second kappa shape index (κ2) is 6.30. The molecular formula is C15H25N3. The Morgan fingerprint density at radius 3 is 2.89 bits per heavy atom. The largest absolute Gasteiger partial charge is 0.330 e. The van der Waals surface area contributed by atoms with Crippen molar-refractivity contribution in [3.05, 3.63) is 29.6 Å². The highest BCUT2D eigenvalue weighted by Crippen LogP contribution is 2.28. The van der Waals surface area contributed by atoms with E-state index in [0.29, 0.717) is 12.0 Å². The zero-order valence-electron chi connectivity index (χ0n) is 11.6. The van der Waals surface area contributed by atoms with E-state index in [2.05, 4.69) is 29.9 Å². The van der Waals surface area contributed by atoms with Crippen LogP contribution in [0, 0.1) is 12.8 Å². The second-order valence-electron chi connectivity index (χ2n) is 5.53. The van der Waals surface area contributed by atoms with E-state index in [1.165, 1.54) is 36.9 Å².